The van der Waals surface area contributed by atoms with Crippen LogP contribution in [0.15, 0.2) is 18.2 Å². The summed E-state index contributed by atoms with van der Waals surface area (Å²) in [6, 6.07) is 4.50. The number of ketones is 1. The lowest BCUT2D eigenvalue weighted by Gasteiger charge is -2.26. The fraction of sp³-hybridized carbons (Fsp3) is 0.545. The number of hydrogen-bond donors (Lipinski definition) is 3. The predicted molar refractivity (Wildman–Crippen MR) is 115 cm³/mol. The maximum atomic E-state index is 13.8. The first kappa shape index (κ1) is 23.4. The summed E-state index contributed by atoms with van der Waals surface area (Å²) in [6.07, 6.45) is -1.18. The SMILES string of the molecule is CCC(=O)c1cccc2c1CN(C(=O)C[C@@H]1C[C@@H](C(=O)N3CC(F)C[C@H]3B(O)O)NC1=O)C2. The number of amides is 3. The van der Waals surface area contributed by atoms with E-state index in [2.05, 4.69) is 5.32 Å². The van der Waals surface area contributed by atoms with E-state index in [-0.39, 0.29) is 37.5 Å². The minimum Gasteiger partial charge on any atom is -0.426 e. The molecule has 33 heavy (non-hydrogen) atoms. The molecule has 4 atom stereocenters. The van der Waals surface area contributed by atoms with E-state index >= 15 is 0 Å². The van der Waals surface area contributed by atoms with Crippen LogP contribution in [0.25, 0.3) is 0 Å². The second kappa shape index (κ2) is 9.22. The molecule has 176 valence electrons. The maximum Gasteiger partial charge on any atom is 0.475 e. The van der Waals surface area contributed by atoms with Gasteiger partial charge in [-0.3, -0.25) is 19.2 Å². The van der Waals surface area contributed by atoms with Gasteiger partial charge in [0, 0.05) is 37.4 Å². The average molecular weight is 459 g/mol. The summed E-state index contributed by atoms with van der Waals surface area (Å²) < 4.78 is 13.8. The normalized spacial score (nSPS) is 26.4. The molecule has 0 spiro atoms. The first-order chi connectivity index (χ1) is 15.7. The highest BCUT2D eigenvalue weighted by atomic mass is 19.1. The Morgan fingerprint density at radius 2 is 1.97 bits per heavy atom. The molecule has 0 bridgehead atoms. The van der Waals surface area contributed by atoms with Crippen molar-refractivity contribution < 1.29 is 33.6 Å². The molecule has 1 unspecified atom stereocenters. The van der Waals surface area contributed by atoms with Crippen LogP contribution < -0.4 is 5.32 Å². The number of nitrogens with zero attached hydrogens (tertiary/aromatic N) is 2. The van der Waals surface area contributed by atoms with Crippen LogP contribution in [0.3, 0.4) is 0 Å². The Hall–Kier alpha value is -2.79. The standard InChI is InChI=1S/C22H27BFN3O6/c1-2-18(28)15-5-3-4-12-9-26(11-16(12)15)20(29)7-13-6-17(25-21(13)30)22(31)27-10-14(24)8-19(27)23(32)33/h3-5,13-14,17,19,32-33H,2,6-11H2,1H3,(H,25,30)/t13-,14?,17-,19-/m0/s1. The minimum absolute atomic E-state index is 0.0152. The number of fused-ring (bicyclic) bond motifs is 1. The Bertz CT molecular complexity index is 989. The van der Waals surface area contributed by atoms with Crippen molar-refractivity contribution in [3.8, 4) is 0 Å². The molecule has 3 amide bonds. The zero-order chi connectivity index (χ0) is 23.9. The lowest BCUT2D eigenvalue weighted by molar-refractivity contribution is -0.135. The molecule has 0 aromatic heterocycles. The van der Waals surface area contributed by atoms with E-state index in [1.165, 1.54) is 0 Å². The monoisotopic (exact) mass is 459 g/mol. The van der Waals surface area contributed by atoms with Crippen molar-refractivity contribution in [2.75, 3.05) is 6.54 Å². The van der Waals surface area contributed by atoms with E-state index in [1.807, 2.05) is 6.07 Å². The second-order valence-electron chi connectivity index (χ2n) is 8.97. The first-order valence-corrected chi connectivity index (χ1v) is 11.2. The number of benzene rings is 1. The zero-order valence-corrected chi connectivity index (χ0v) is 18.4. The molecule has 9 nitrogen and oxygen atoms in total. The van der Waals surface area contributed by atoms with Gasteiger partial charge in [0.05, 0.1) is 12.5 Å². The van der Waals surface area contributed by atoms with Gasteiger partial charge >= 0.3 is 7.12 Å². The molecule has 2 saturated heterocycles. The summed E-state index contributed by atoms with van der Waals surface area (Å²) >= 11 is 0. The van der Waals surface area contributed by atoms with Crippen LogP contribution in [-0.4, -0.2) is 75.2 Å². The summed E-state index contributed by atoms with van der Waals surface area (Å²) in [5, 5.41) is 21.5. The highest BCUT2D eigenvalue weighted by Gasteiger charge is 2.47. The molecule has 0 radical (unpaired) electrons. The Labute approximate surface area is 191 Å². The van der Waals surface area contributed by atoms with Crippen molar-refractivity contribution in [2.24, 2.45) is 5.92 Å². The predicted octanol–water partition coefficient (Wildman–Crippen LogP) is -0.0327. The van der Waals surface area contributed by atoms with Crippen LogP contribution in [0.2, 0.25) is 0 Å². The maximum absolute atomic E-state index is 13.8. The van der Waals surface area contributed by atoms with Crippen LogP contribution in [0, 0.1) is 5.92 Å². The van der Waals surface area contributed by atoms with Crippen molar-refractivity contribution in [3.05, 3.63) is 34.9 Å². The van der Waals surface area contributed by atoms with Crippen LogP contribution in [0.4, 0.5) is 4.39 Å². The molecule has 4 rings (SSSR count). The second-order valence-corrected chi connectivity index (χ2v) is 8.97. The van der Waals surface area contributed by atoms with Gasteiger partial charge in [-0.1, -0.05) is 25.1 Å². The van der Waals surface area contributed by atoms with E-state index in [4.69, 9.17) is 0 Å². The van der Waals surface area contributed by atoms with E-state index in [9.17, 15) is 33.6 Å². The quantitative estimate of drug-likeness (QED) is 0.405. The average Bonchev–Trinajstić information content (AvgIpc) is 3.49. The highest BCUT2D eigenvalue weighted by Crippen LogP contribution is 2.30. The van der Waals surface area contributed by atoms with Gasteiger partial charge in [0.25, 0.3) is 0 Å². The summed E-state index contributed by atoms with van der Waals surface area (Å²) in [7, 11) is -1.87. The summed E-state index contributed by atoms with van der Waals surface area (Å²) in [4.78, 5) is 53.1. The lowest BCUT2D eigenvalue weighted by Crippen LogP contribution is -2.51. The van der Waals surface area contributed by atoms with Crippen molar-refractivity contribution in [1.82, 2.24) is 15.1 Å². The van der Waals surface area contributed by atoms with Gasteiger partial charge < -0.3 is 25.2 Å². The molecule has 3 N–H and O–H groups in total. The largest absolute Gasteiger partial charge is 0.475 e. The first-order valence-electron chi connectivity index (χ1n) is 11.2. The molecule has 1 aromatic carbocycles. The number of halogens is 1. The molecule has 3 aliphatic heterocycles. The molecule has 3 aliphatic rings. The number of likely N-dealkylation sites (tertiary alicyclic amines) is 1. The molecular weight excluding hydrogens is 432 g/mol. The molecule has 11 heteroatoms. The van der Waals surface area contributed by atoms with Gasteiger partial charge in [-0.15, -0.1) is 0 Å². The number of carbonyl (C=O) groups excluding carboxylic acids is 4. The van der Waals surface area contributed by atoms with Crippen LogP contribution in [0.1, 0.15) is 54.1 Å². The Balaban J connectivity index is 1.38. The van der Waals surface area contributed by atoms with Gasteiger partial charge in [-0.2, -0.15) is 0 Å². The van der Waals surface area contributed by atoms with Crippen molar-refractivity contribution in [2.45, 2.75) is 63.9 Å². The van der Waals surface area contributed by atoms with Gasteiger partial charge in [0.2, 0.25) is 17.7 Å². The van der Waals surface area contributed by atoms with Gasteiger partial charge in [0.1, 0.15) is 12.2 Å². The van der Waals surface area contributed by atoms with Crippen LogP contribution >= 0.6 is 0 Å². The molecule has 0 aliphatic carbocycles. The topological polar surface area (TPSA) is 127 Å². The third-order valence-corrected chi connectivity index (χ3v) is 6.80. The summed E-state index contributed by atoms with van der Waals surface area (Å²) in [6.45, 7) is 2.18. The fourth-order valence-corrected chi connectivity index (χ4v) is 5.02. The van der Waals surface area contributed by atoms with E-state index in [1.54, 1.807) is 24.0 Å². The Morgan fingerprint density at radius 1 is 1.21 bits per heavy atom. The van der Waals surface area contributed by atoms with Gasteiger partial charge in [-0.25, -0.2) is 4.39 Å². The van der Waals surface area contributed by atoms with E-state index < -0.39 is 43.0 Å². The zero-order valence-electron chi connectivity index (χ0n) is 18.4. The smallest absolute Gasteiger partial charge is 0.426 e. The fourth-order valence-electron chi connectivity index (χ4n) is 5.02. The lowest BCUT2D eigenvalue weighted by atomic mass is 9.77. The van der Waals surface area contributed by atoms with Crippen LogP contribution in [0.5, 0.6) is 0 Å². The van der Waals surface area contributed by atoms with Crippen molar-refractivity contribution in [1.29, 1.82) is 0 Å². The van der Waals surface area contributed by atoms with Crippen LogP contribution in [-0.2, 0) is 27.5 Å². The van der Waals surface area contributed by atoms with Gasteiger partial charge in [0.15, 0.2) is 5.78 Å². The Kier molecular flexibility index (Phi) is 6.53. The van der Waals surface area contributed by atoms with Crippen molar-refractivity contribution >= 4 is 30.6 Å². The number of alkyl halides is 1. The van der Waals surface area contributed by atoms with E-state index in [0.29, 0.717) is 25.1 Å². The summed E-state index contributed by atoms with van der Waals surface area (Å²) in [5.41, 5.74) is 2.37. The number of rotatable bonds is 6. The molecule has 0 saturated carbocycles. The Morgan fingerprint density at radius 3 is 2.67 bits per heavy atom. The molecule has 3 heterocycles. The molecular formula is C22H27BFN3O6. The number of hydrogen-bond acceptors (Lipinski definition) is 6. The minimum atomic E-state index is -1.87. The summed E-state index contributed by atoms with van der Waals surface area (Å²) in [5.74, 6) is -3.02. The number of Topliss-reactive ketones (excluding diaryl/α,β-unsaturated/α-hetero) is 1. The molecule has 1 aromatic rings. The van der Waals surface area contributed by atoms with E-state index in [0.717, 1.165) is 16.0 Å². The third kappa shape index (κ3) is 4.52. The van der Waals surface area contributed by atoms with Crippen molar-refractivity contribution in [3.63, 3.8) is 0 Å². The number of nitrogens with one attached hydrogen (secondary N) is 1. The molecule has 2 fully saturated rings. The number of carbonyl (C=O) groups is 4. The van der Waals surface area contributed by atoms with Gasteiger partial charge in [-0.05, 0) is 24.0 Å². The third-order valence-electron chi connectivity index (χ3n) is 6.80. The highest BCUT2D eigenvalue weighted by molar-refractivity contribution is 6.43.